The number of halogens is 1. The summed E-state index contributed by atoms with van der Waals surface area (Å²) in [5.74, 6) is 0.355. The van der Waals surface area contributed by atoms with Crippen molar-refractivity contribution >= 4 is 23.2 Å². The third kappa shape index (κ3) is 2.47. The molecule has 0 saturated heterocycles. The highest BCUT2D eigenvalue weighted by atomic mass is 35.5. The van der Waals surface area contributed by atoms with Gasteiger partial charge in [0.05, 0.1) is 0 Å². The molecule has 2 aromatic rings. The summed E-state index contributed by atoms with van der Waals surface area (Å²) < 4.78 is 4.94. The van der Waals surface area contributed by atoms with Crippen LogP contribution in [0.4, 0.5) is 5.69 Å². The second kappa shape index (κ2) is 4.59. The number of carbonyl (C=O) groups is 1. The smallest absolute Gasteiger partial charge is 0.278 e. The maximum Gasteiger partial charge on any atom is 0.278 e. The molecule has 0 radical (unpaired) electrons. The first-order valence-electron chi connectivity index (χ1n) is 5.07. The molecule has 17 heavy (non-hydrogen) atoms. The van der Waals surface area contributed by atoms with Gasteiger partial charge in [-0.1, -0.05) is 16.8 Å². The van der Waals surface area contributed by atoms with Crippen LogP contribution in [0.25, 0.3) is 0 Å². The lowest BCUT2D eigenvalue weighted by molar-refractivity contribution is 0.101. The zero-order valence-corrected chi connectivity index (χ0v) is 10.2. The van der Waals surface area contributed by atoms with E-state index in [1.54, 1.807) is 38.1 Å². The molecule has 2 rings (SSSR count). The van der Waals surface area contributed by atoms with Gasteiger partial charge in [-0.2, -0.15) is 0 Å². The van der Waals surface area contributed by atoms with Crippen LogP contribution in [0.2, 0.25) is 5.02 Å². The van der Waals surface area contributed by atoms with Crippen molar-refractivity contribution in [3.8, 4) is 0 Å². The van der Waals surface area contributed by atoms with Gasteiger partial charge in [-0.3, -0.25) is 4.79 Å². The lowest BCUT2D eigenvalue weighted by Gasteiger charge is -2.03. The van der Waals surface area contributed by atoms with E-state index in [9.17, 15) is 4.79 Å². The molecule has 5 heteroatoms. The molecule has 88 valence electrons. The number of benzene rings is 1. The standard InChI is InChI=1S/C12H11ClN2O2/c1-7-8(2)17-15-11(7)12(16)14-10-5-3-9(13)4-6-10/h3-6H,1-2H3,(H,14,16). The highest BCUT2D eigenvalue weighted by molar-refractivity contribution is 6.30. The molecule has 1 heterocycles. The van der Waals surface area contributed by atoms with Crippen LogP contribution < -0.4 is 5.32 Å². The molecule has 1 amide bonds. The Morgan fingerprint density at radius 3 is 2.47 bits per heavy atom. The SMILES string of the molecule is Cc1onc(C(=O)Nc2ccc(Cl)cc2)c1C. The van der Waals surface area contributed by atoms with E-state index in [-0.39, 0.29) is 5.91 Å². The van der Waals surface area contributed by atoms with Gasteiger partial charge in [-0.15, -0.1) is 0 Å². The Morgan fingerprint density at radius 1 is 1.29 bits per heavy atom. The molecule has 0 unspecified atom stereocenters. The first-order valence-corrected chi connectivity index (χ1v) is 5.45. The quantitative estimate of drug-likeness (QED) is 0.891. The van der Waals surface area contributed by atoms with Crippen LogP contribution in [0.3, 0.4) is 0 Å². The number of carbonyl (C=O) groups excluding carboxylic acids is 1. The van der Waals surface area contributed by atoms with Gasteiger partial charge in [-0.05, 0) is 38.1 Å². The number of nitrogens with one attached hydrogen (secondary N) is 1. The maximum absolute atomic E-state index is 11.9. The number of aryl methyl sites for hydroxylation is 1. The maximum atomic E-state index is 11.9. The highest BCUT2D eigenvalue weighted by Crippen LogP contribution is 2.16. The van der Waals surface area contributed by atoms with Crippen molar-refractivity contribution in [1.82, 2.24) is 5.16 Å². The number of hydrogen-bond donors (Lipinski definition) is 1. The summed E-state index contributed by atoms with van der Waals surface area (Å²) in [6.07, 6.45) is 0. The number of rotatable bonds is 2. The minimum absolute atomic E-state index is 0.290. The zero-order valence-electron chi connectivity index (χ0n) is 9.45. The molecule has 4 nitrogen and oxygen atoms in total. The molecule has 0 aliphatic carbocycles. The molecule has 0 atom stereocenters. The van der Waals surface area contributed by atoms with Crippen LogP contribution in [0.1, 0.15) is 21.8 Å². The van der Waals surface area contributed by atoms with Gasteiger partial charge in [0.15, 0.2) is 5.69 Å². The molecule has 0 saturated carbocycles. The van der Waals surface area contributed by atoms with Crippen molar-refractivity contribution in [2.24, 2.45) is 0 Å². The first-order chi connectivity index (χ1) is 8.08. The molecule has 0 aliphatic rings. The Balaban J connectivity index is 2.17. The second-order valence-electron chi connectivity index (χ2n) is 3.67. The van der Waals surface area contributed by atoms with E-state index in [1.807, 2.05) is 0 Å². The topological polar surface area (TPSA) is 55.1 Å². The van der Waals surface area contributed by atoms with Crippen LogP contribution in [-0.2, 0) is 0 Å². The van der Waals surface area contributed by atoms with E-state index >= 15 is 0 Å². The summed E-state index contributed by atoms with van der Waals surface area (Å²) in [4.78, 5) is 11.9. The molecule has 1 N–H and O–H groups in total. The van der Waals surface area contributed by atoms with Crippen LogP contribution >= 0.6 is 11.6 Å². The average Bonchev–Trinajstić information content (AvgIpc) is 2.63. The third-order valence-corrected chi connectivity index (χ3v) is 2.73. The van der Waals surface area contributed by atoms with Crippen LogP contribution in [0.15, 0.2) is 28.8 Å². The van der Waals surface area contributed by atoms with Crippen molar-refractivity contribution in [2.45, 2.75) is 13.8 Å². The molecule has 1 aromatic heterocycles. The Labute approximate surface area is 104 Å². The molecule has 0 aliphatic heterocycles. The summed E-state index contributed by atoms with van der Waals surface area (Å²) in [6, 6.07) is 6.86. The summed E-state index contributed by atoms with van der Waals surface area (Å²) in [5, 5.41) is 7.06. The molecule has 0 spiro atoms. The lowest BCUT2D eigenvalue weighted by atomic mass is 10.2. The van der Waals surface area contributed by atoms with Crippen molar-refractivity contribution in [2.75, 3.05) is 5.32 Å². The Hall–Kier alpha value is -1.81. The van der Waals surface area contributed by atoms with E-state index in [2.05, 4.69) is 10.5 Å². The van der Waals surface area contributed by atoms with Gasteiger partial charge in [0.2, 0.25) is 0 Å². The summed E-state index contributed by atoms with van der Waals surface area (Å²) in [5.41, 5.74) is 1.72. The van der Waals surface area contributed by atoms with Crippen molar-refractivity contribution in [3.05, 3.63) is 46.3 Å². The second-order valence-corrected chi connectivity index (χ2v) is 4.11. The van der Waals surface area contributed by atoms with Crippen molar-refractivity contribution < 1.29 is 9.32 Å². The minimum Gasteiger partial charge on any atom is -0.361 e. The Morgan fingerprint density at radius 2 is 1.94 bits per heavy atom. The van der Waals surface area contributed by atoms with Gasteiger partial charge in [-0.25, -0.2) is 0 Å². The van der Waals surface area contributed by atoms with Gasteiger partial charge < -0.3 is 9.84 Å². The Bertz CT molecular complexity index is 546. The molecule has 0 bridgehead atoms. The zero-order chi connectivity index (χ0) is 12.4. The summed E-state index contributed by atoms with van der Waals surface area (Å²) in [6.45, 7) is 3.56. The molecular formula is C12H11ClN2O2. The largest absolute Gasteiger partial charge is 0.361 e. The number of nitrogens with zero attached hydrogens (tertiary/aromatic N) is 1. The Kier molecular flexibility index (Phi) is 3.15. The monoisotopic (exact) mass is 250 g/mol. The van der Waals surface area contributed by atoms with E-state index in [1.165, 1.54) is 0 Å². The van der Waals surface area contributed by atoms with E-state index in [4.69, 9.17) is 16.1 Å². The predicted octanol–water partition coefficient (Wildman–Crippen LogP) is 3.20. The fourth-order valence-corrected chi connectivity index (χ4v) is 1.48. The van der Waals surface area contributed by atoms with E-state index < -0.39 is 0 Å². The normalized spacial score (nSPS) is 10.3. The van der Waals surface area contributed by atoms with Gasteiger partial charge in [0.25, 0.3) is 5.91 Å². The average molecular weight is 251 g/mol. The highest BCUT2D eigenvalue weighted by Gasteiger charge is 2.16. The summed E-state index contributed by atoms with van der Waals surface area (Å²) in [7, 11) is 0. The molecule has 1 aromatic carbocycles. The number of aromatic nitrogens is 1. The lowest BCUT2D eigenvalue weighted by Crippen LogP contribution is -2.13. The van der Waals surface area contributed by atoms with Gasteiger partial charge >= 0.3 is 0 Å². The summed E-state index contributed by atoms with van der Waals surface area (Å²) >= 11 is 5.75. The molecular weight excluding hydrogens is 240 g/mol. The van der Waals surface area contributed by atoms with Crippen LogP contribution in [-0.4, -0.2) is 11.1 Å². The van der Waals surface area contributed by atoms with E-state index in [0.717, 1.165) is 5.56 Å². The number of hydrogen-bond acceptors (Lipinski definition) is 3. The first kappa shape index (κ1) is 11.7. The van der Waals surface area contributed by atoms with Crippen LogP contribution in [0, 0.1) is 13.8 Å². The van der Waals surface area contributed by atoms with Crippen LogP contribution in [0.5, 0.6) is 0 Å². The fourth-order valence-electron chi connectivity index (χ4n) is 1.35. The predicted molar refractivity (Wildman–Crippen MR) is 65.4 cm³/mol. The van der Waals surface area contributed by atoms with Gasteiger partial charge in [0.1, 0.15) is 5.76 Å². The van der Waals surface area contributed by atoms with E-state index in [0.29, 0.717) is 22.2 Å². The van der Waals surface area contributed by atoms with Gasteiger partial charge in [0, 0.05) is 16.3 Å². The molecule has 0 fully saturated rings. The number of amides is 1. The third-order valence-electron chi connectivity index (χ3n) is 2.47. The fraction of sp³-hybridized carbons (Fsp3) is 0.167. The van der Waals surface area contributed by atoms with Crippen molar-refractivity contribution in [1.29, 1.82) is 0 Å². The minimum atomic E-state index is -0.290. The van der Waals surface area contributed by atoms with Crippen molar-refractivity contribution in [3.63, 3.8) is 0 Å². The number of anilines is 1.